The van der Waals surface area contributed by atoms with Gasteiger partial charge in [-0.25, -0.2) is 0 Å². The summed E-state index contributed by atoms with van der Waals surface area (Å²) in [7, 11) is 0. The Hall–Kier alpha value is -6.96. The molecule has 1 nitrogen and oxygen atoms in total. The maximum absolute atomic E-state index is 2.54. The number of benzene rings is 9. The van der Waals surface area contributed by atoms with Gasteiger partial charge in [0.2, 0.25) is 0 Å². The topological polar surface area (TPSA) is 3.24 Å². The van der Waals surface area contributed by atoms with E-state index < -0.39 is 0 Å². The van der Waals surface area contributed by atoms with Gasteiger partial charge in [-0.15, -0.1) is 0 Å². The lowest BCUT2D eigenvalue weighted by molar-refractivity contribution is 0.660. The molecule has 266 valence electrons. The second-order valence-corrected chi connectivity index (χ2v) is 15.3. The van der Waals surface area contributed by atoms with E-state index in [2.05, 4.69) is 231 Å². The van der Waals surface area contributed by atoms with Crippen LogP contribution in [-0.4, -0.2) is 0 Å². The largest absolute Gasteiger partial charge is 0.309 e. The summed E-state index contributed by atoms with van der Waals surface area (Å²) in [5, 5.41) is 2.50. The molecule has 0 bridgehead atoms. The fourth-order valence-electron chi connectivity index (χ4n) is 8.93. The van der Waals surface area contributed by atoms with Crippen molar-refractivity contribution in [1.29, 1.82) is 0 Å². The third-order valence-electron chi connectivity index (χ3n) is 11.7. The van der Waals surface area contributed by atoms with Crippen molar-refractivity contribution >= 4 is 27.8 Å². The summed E-state index contributed by atoms with van der Waals surface area (Å²) in [5.74, 6) is 0. The molecule has 0 N–H and O–H groups in total. The van der Waals surface area contributed by atoms with Crippen LogP contribution in [0.25, 0.3) is 66.4 Å². The Labute approximate surface area is 329 Å². The number of nitrogens with zero attached hydrogens (tertiary/aromatic N) is 1. The van der Waals surface area contributed by atoms with Gasteiger partial charge < -0.3 is 4.90 Å². The van der Waals surface area contributed by atoms with Crippen LogP contribution in [0.2, 0.25) is 0 Å². The maximum atomic E-state index is 2.54. The van der Waals surface area contributed by atoms with Crippen LogP contribution in [0, 0.1) is 0 Å². The minimum atomic E-state index is -0.145. The van der Waals surface area contributed by atoms with Crippen LogP contribution in [0.4, 0.5) is 17.1 Å². The van der Waals surface area contributed by atoms with Crippen molar-refractivity contribution in [3.63, 3.8) is 0 Å². The molecule has 0 heterocycles. The first-order chi connectivity index (χ1) is 27.6. The molecule has 1 heteroatoms. The van der Waals surface area contributed by atoms with E-state index >= 15 is 0 Å². The van der Waals surface area contributed by atoms with Gasteiger partial charge in [0.05, 0.1) is 11.4 Å². The Kier molecular flexibility index (Phi) is 8.23. The minimum Gasteiger partial charge on any atom is -0.309 e. The molecule has 0 atom stereocenters. The SMILES string of the molecule is CC1(C)c2ccccc2-c2c(N(c3ccc(-c4cccc5ccccc45)cc3)c3c(-c4ccccc4)cc(-c4ccccc4)cc3-c3ccccc3)cccc21. The summed E-state index contributed by atoms with van der Waals surface area (Å²) in [5.41, 5.74) is 18.1. The van der Waals surface area contributed by atoms with Gasteiger partial charge in [0, 0.05) is 27.8 Å². The molecule has 10 rings (SSSR count). The molecule has 0 unspecified atom stereocenters. The van der Waals surface area contributed by atoms with Crippen LogP contribution in [0.5, 0.6) is 0 Å². The average molecular weight is 716 g/mol. The van der Waals surface area contributed by atoms with Crippen molar-refractivity contribution in [3.05, 3.63) is 223 Å². The van der Waals surface area contributed by atoms with E-state index in [1.807, 2.05) is 0 Å². The zero-order chi connectivity index (χ0) is 37.6. The van der Waals surface area contributed by atoms with Crippen molar-refractivity contribution < 1.29 is 0 Å². The Morgan fingerprint density at radius 1 is 0.357 bits per heavy atom. The molecule has 0 aromatic heterocycles. The summed E-state index contributed by atoms with van der Waals surface area (Å²) in [6.45, 7) is 4.73. The Bertz CT molecular complexity index is 2790. The molecule has 0 saturated carbocycles. The van der Waals surface area contributed by atoms with Gasteiger partial charge in [-0.3, -0.25) is 0 Å². The van der Waals surface area contributed by atoms with E-state index in [0.29, 0.717) is 0 Å². The van der Waals surface area contributed by atoms with Crippen LogP contribution in [-0.2, 0) is 5.41 Å². The molecule has 56 heavy (non-hydrogen) atoms. The molecule has 9 aromatic rings. The molecule has 1 aliphatic rings. The van der Waals surface area contributed by atoms with Crippen LogP contribution in [0.3, 0.4) is 0 Å². The third kappa shape index (κ3) is 5.63. The molecule has 0 aliphatic heterocycles. The molecule has 1 aliphatic carbocycles. The lowest BCUT2D eigenvalue weighted by atomic mass is 9.82. The van der Waals surface area contributed by atoms with Crippen LogP contribution in [0.15, 0.2) is 212 Å². The van der Waals surface area contributed by atoms with E-state index in [1.165, 1.54) is 83.2 Å². The first-order valence-corrected chi connectivity index (χ1v) is 19.5. The fraction of sp³-hybridized carbons (Fsp3) is 0.0545. The zero-order valence-electron chi connectivity index (χ0n) is 31.7. The average Bonchev–Trinajstić information content (AvgIpc) is 3.51. The molecular weight excluding hydrogens is 675 g/mol. The van der Waals surface area contributed by atoms with Crippen LogP contribution < -0.4 is 4.90 Å². The lowest BCUT2D eigenvalue weighted by Gasteiger charge is -2.33. The number of hydrogen-bond donors (Lipinski definition) is 0. The molecule has 0 amide bonds. The van der Waals surface area contributed by atoms with Gasteiger partial charge in [0.15, 0.2) is 0 Å². The maximum Gasteiger partial charge on any atom is 0.0619 e. The number of rotatable bonds is 7. The Balaban J connectivity index is 1.30. The summed E-state index contributed by atoms with van der Waals surface area (Å²) in [6, 6.07) is 77.8. The number of anilines is 3. The van der Waals surface area contributed by atoms with E-state index in [1.54, 1.807) is 0 Å². The smallest absolute Gasteiger partial charge is 0.0619 e. The number of hydrogen-bond acceptors (Lipinski definition) is 1. The molecule has 0 radical (unpaired) electrons. The van der Waals surface area contributed by atoms with Crippen molar-refractivity contribution in [2.45, 2.75) is 19.3 Å². The van der Waals surface area contributed by atoms with Gasteiger partial charge in [0.25, 0.3) is 0 Å². The van der Waals surface area contributed by atoms with E-state index in [0.717, 1.165) is 11.4 Å². The highest BCUT2D eigenvalue weighted by Crippen LogP contribution is 2.56. The first-order valence-electron chi connectivity index (χ1n) is 19.5. The normalized spacial score (nSPS) is 12.6. The fourth-order valence-corrected chi connectivity index (χ4v) is 8.93. The Morgan fingerprint density at radius 3 is 1.54 bits per heavy atom. The van der Waals surface area contributed by atoms with Gasteiger partial charge in [-0.05, 0) is 91.2 Å². The summed E-state index contributed by atoms with van der Waals surface area (Å²) < 4.78 is 0. The predicted octanol–water partition coefficient (Wildman–Crippen LogP) is 15.3. The number of fused-ring (bicyclic) bond motifs is 4. The van der Waals surface area contributed by atoms with Gasteiger partial charge in [0.1, 0.15) is 0 Å². The molecule has 9 aromatic carbocycles. The van der Waals surface area contributed by atoms with Crippen molar-refractivity contribution in [3.8, 4) is 55.6 Å². The molecule has 0 saturated heterocycles. The molecule has 0 fully saturated rings. The Morgan fingerprint density at radius 2 is 0.857 bits per heavy atom. The van der Waals surface area contributed by atoms with Crippen LogP contribution >= 0.6 is 0 Å². The standard InChI is InChI=1S/C55H41N/c1-55(2)50-29-15-14-27-47(50)53-51(55)30-17-31-52(53)56(44-34-32-42(33-35-44)46-28-16-25-39-24-12-13-26-45(39)46)54-48(40-20-8-4-9-21-40)36-43(38-18-6-3-7-19-38)37-49(54)41-22-10-5-11-23-41/h3-37H,1-2H3. The van der Waals surface area contributed by atoms with E-state index in [9.17, 15) is 0 Å². The molecular formula is C55H41N. The highest BCUT2D eigenvalue weighted by Gasteiger charge is 2.38. The summed E-state index contributed by atoms with van der Waals surface area (Å²) in [4.78, 5) is 2.54. The van der Waals surface area contributed by atoms with E-state index in [4.69, 9.17) is 0 Å². The van der Waals surface area contributed by atoms with Crippen molar-refractivity contribution in [2.75, 3.05) is 4.90 Å². The van der Waals surface area contributed by atoms with Gasteiger partial charge in [-0.1, -0.05) is 196 Å². The third-order valence-corrected chi connectivity index (χ3v) is 11.7. The van der Waals surface area contributed by atoms with Crippen molar-refractivity contribution in [1.82, 2.24) is 0 Å². The quantitative estimate of drug-likeness (QED) is 0.159. The monoisotopic (exact) mass is 715 g/mol. The first kappa shape index (κ1) is 33.6. The van der Waals surface area contributed by atoms with E-state index in [-0.39, 0.29) is 5.41 Å². The summed E-state index contributed by atoms with van der Waals surface area (Å²) in [6.07, 6.45) is 0. The van der Waals surface area contributed by atoms with Gasteiger partial charge in [-0.2, -0.15) is 0 Å². The second-order valence-electron chi connectivity index (χ2n) is 15.3. The van der Waals surface area contributed by atoms with Crippen LogP contribution in [0.1, 0.15) is 25.0 Å². The predicted molar refractivity (Wildman–Crippen MR) is 238 cm³/mol. The zero-order valence-corrected chi connectivity index (χ0v) is 31.7. The highest BCUT2D eigenvalue weighted by atomic mass is 15.2. The lowest BCUT2D eigenvalue weighted by Crippen LogP contribution is -2.16. The summed E-state index contributed by atoms with van der Waals surface area (Å²) >= 11 is 0. The molecule has 0 spiro atoms. The highest BCUT2D eigenvalue weighted by molar-refractivity contribution is 6.04. The minimum absolute atomic E-state index is 0.145. The van der Waals surface area contributed by atoms with Gasteiger partial charge >= 0.3 is 0 Å². The second kappa shape index (κ2) is 13.7. The van der Waals surface area contributed by atoms with Crippen molar-refractivity contribution in [2.24, 2.45) is 0 Å².